The molecular weight excluding hydrogens is 404 g/mol. The highest BCUT2D eigenvalue weighted by molar-refractivity contribution is 6.30. The van der Waals surface area contributed by atoms with Crippen molar-refractivity contribution in [1.29, 1.82) is 0 Å². The van der Waals surface area contributed by atoms with Crippen LogP contribution < -0.4 is 15.5 Å². The van der Waals surface area contributed by atoms with E-state index in [4.69, 9.17) is 11.6 Å². The number of carbonyl (C=O) groups is 2. The molecule has 0 bridgehead atoms. The SMILES string of the molecule is O=C(CN1CCN(c2ccc(Cl)cn2)CC1)NCC(=O)Nc1ccc(F)c(F)c1. The van der Waals surface area contributed by atoms with E-state index in [0.717, 1.165) is 31.0 Å². The van der Waals surface area contributed by atoms with Crippen LogP contribution >= 0.6 is 11.6 Å². The third-order valence-electron chi connectivity index (χ3n) is 4.42. The molecule has 7 nitrogen and oxygen atoms in total. The smallest absolute Gasteiger partial charge is 0.243 e. The van der Waals surface area contributed by atoms with Gasteiger partial charge in [0.2, 0.25) is 11.8 Å². The average molecular weight is 424 g/mol. The third kappa shape index (κ3) is 6.10. The number of hydrogen-bond acceptors (Lipinski definition) is 5. The Labute approximate surface area is 171 Å². The molecule has 0 unspecified atom stereocenters. The monoisotopic (exact) mass is 423 g/mol. The maximum Gasteiger partial charge on any atom is 0.243 e. The van der Waals surface area contributed by atoms with Gasteiger partial charge in [0, 0.05) is 44.1 Å². The highest BCUT2D eigenvalue weighted by atomic mass is 35.5. The Balaban J connectivity index is 1.38. The second-order valence-corrected chi connectivity index (χ2v) is 6.99. The second kappa shape index (κ2) is 9.62. The van der Waals surface area contributed by atoms with Crippen molar-refractivity contribution < 1.29 is 18.4 Å². The third-order valence-corrected chi connectivity index (χ3v) is 4.65. The van der Waals surface area contributed by atoms with Crippen molar-refractivity contribution in [2.45, 2.75) is 0 Å². The highest BCUT2D eigenvalue weighted by Gasteiger charge is 2.20. The molecule has 2 amide bonds. The Kier molecular flexibility index (Phi) is 6.95. The van der Waals surface area contributed by atoms with E-state index < -0.39 is 17.5 Å². The van der Waals surface area contributed by atoms with Gasteiger partial charge in [0.05, 0.1) is 18.1 Å². The van der Waals surface area contributed by atoms with Crippen LogP contribution in [0.15, 0.2) is 36.5 Å². The number of amides is 2. The zero-order chi connectivity index (χ0) is 20.8. The van der Waals surface area contributed by atoms with Crippen molar-refractivity contribution in [2.75, 3.05) is 49.5 Å². The molecule has 2 heterocycles. The van der Waals surface area contributed by atoms with Crippen LogP contribution in [0.3, 0.4) is 0 Å². The maximum atomic E-state index is 13.1. The fraction of sp³-hybridized carbons (Fsp3) is 0.316. The van der Waals surface area contributed by atoms with Gasteiger partial charge in [-0.1, -0.05) is 11.6 Å². The summed E-state index contributed by atoms with van der Waals surface area (Å²) in [6.07, 6.45) is 1.60. The van der Waals surface area contributed by atoms with E-state index in [2.05, 4.69) is 20.5 Å². The summed E-state index contributed by atoms with van der Waals surface area (Å²) in [5.41, 5.74) is 0.120. The van der Waals surface area contributed by atoms with Gasteiger partial charge in [-0.15, -0.1) is 0 Å². The van der Waals surface area contributed by atoms with Crippen molar-refractivity contribution >= 4 is 34.9 Å². The van der Waals surface area contributed by atoms with Gasteiger partial charge in [-0.25, -0.2) is 13.8 Å². The number of aromatic nitrogens is 1. The van der Waals surface area contributed by atoms with Gasteiger partial charge < -0.3 is 15.5 Å². The minimum atomic E-state index is -1.06. The molecule has 1 aliphatic heterocycles. The number of halogens is 3. The molecule has 10 heteroatoms. The standard InChI is InChI=1S/C19H20ClF2N5O2/c20-13-1-4-17(23-10-13)27-7-5-26(6-8-27)12-19(29)24-11-18(28)25-14-2-3-15(21)16(22)9-14/h1-4,9-10H,5-8,11-12H2,(H,24,29)(H,25,28). The molecule has 0 saturated carbocycles. The van der Waals surface area contributed by atoms with Crippen molar-refractivity contribution in [1.82, 2.24) is 15.2 Å². The van der Waals surface area contributed by atoms with E-state index in [9.17, 15) is 18.4 Å². The number of nitrogens with one attached hydrogen (secondary N) is 2. The molecule has 3 rings (SSSR count). The molecule has 0 aliphatic carbocycles. The van der Waals surface area contributed by atoms with Gasteiger partial charge >= 0.3 is 0 Å². The molecule has 1 aliphatic rings. The Morgan fingerprint density at radius 2 is 1.79 bits per heavy atom. The van der Waals surface area contributed by atoms with Crippen molar-refractivity contribution in [2.24, 2.45) is 0 Å². The lowest BCUT2D eigenvalue weighted by molar-refractivity contribution is -0.125. The second-order valence-electron chi connectivity index (χ2n) is 6.55. The number of carbonyl (C=O) groups excluding carboxylic acids is 2. The molecule has 154 valence electrons. The van der Waals surface area contributed by atoms with Gasteiger partial charge in [0.25, 0.3) is 0 Å². The Bertz CT molecular complexity index is 873. The molecule has 0 spiro atoms. The number of anilines is 2. The minimum absolute atomic E-state index is 0.120. The molecule has 1 aromatic heterocycles. The molecule has 0 radical (unpaired) electrons. The Morgan fingerprint density at radius 3 is 2.45 bits per heavy atom. The van der Waals surface area contributed by atoms with Crippen LogP contribution in [-0.2, 0) is 9.59 Å². The van der Waals surface area contributed by atoms with Crippen LogP contribution in [0, 0.1) is 11.6 Å². The minimum Gasteiger partial charge on any atom is -0.354 e. The Hall–Kier alpha value is -2.78. The first-order valence-electron chi connectivity index (χ1n) is 9.01. The van der Waals surface area contributed by atoms with E-state index in [1.54, 1.807) is 12.3 Å². The molecule has 2 N–H and O–H groups in total. The summed E-state index contributed by atoms with van der Waals surface area (Å²) in [7, 11) is 0. The number of piperazine rings is 1. The molecule has 1 aromatic carbocycles. The molecular formula is C19H20ClF2N5O2. The molecule has 2 aromatic rings. The predicted molar refractivity (Wildman–Crippen MR) is 106 cm³/mol. The van der Waals surface area contributed by atoms with Crippen LogP contribution in [0.5, 0.6) is 0 Å². The summed E-state index contributed by atoms with van der Waals surface area (Å²) in [5, 5.41) is 5.51. The van der Waals surface area contributed by atoms with E-state index in [0.29, 0.717) is 18.1 Å². The van der Waals surface area contributed by atoms with Gasteiger partial charge in [-0.05, 0) is 24.3 Å². The number of benzene rings is 1. The average Bonchev–Trinajstić information content (AvgIpc) is 2.70. The first-order valence-corrected chi connectivity index (χ1v) is 9.39. The quantitative estimate of drug-likeness (QED) is 0.742. The number of hydrogen-bond donors (Lipinski definition) is 2. The fourth-order valence-corrected chi connectivity index (χ4v) is 3.02. The molecule has 29 heavy (non-hydrogen) atoms. The lowest BCUT2D eigenvalue weighted by Gasteiger charge is -2.34. The lowest BCUT2D eigenvalue weighted by atomic mass is 10.3. The highest BCUT2D eigenvalue weighted by Crippen LogP contribution is 2.16. The summed E-state index contributed by atoms with van der Waals surface area (Å²) >= 11 is 5.85. The summed E-state index contributed by atoms with van der Waals surface area (Å²) in [6, 6.07) is 6.69. The lowest BCUT2D eigenvalue weighted by Crippen LogP contribution is -2.50. The predicted octanol–water partition coefficient (Wildman–Crippen LogP) is 1.89. The summed E-state index contributed by atoms with van der Waals surface area (Å²) < 4.78 is 26.0. The zero-order valence-corrected chi connectivity index (χ0v) is 16.3. The topological polar surface area (TPSA) is 77.6 Å². The van der Waals surface area contributed by atoms with Crippen LogP contribution in [-0.4, -0.2) is 61.0 Å². The maximum absolute atomic E-state index is 13.1. The number of rotatable bonds is 6. The van der Waals surface area contributed by atoms with Crippen LogP contribution in [0.1, 0.15) is 0 Å². The number of pyridine rings is 1. The van der Waals surface area contributed by atoms with Gasteiger partial charge in [0.15, 0.2) is 11.6 Å². The molecule has 0 atom stereocenters. The number of nitrogens with zero attached hydrogens (tertiary/aromatic N) is 3. The van der Waals surface area contributed by atoms with E-state index in [1.165, 1.54) is 6.07 Å². The summed E-state index contributed by atoms with van der Waals surface area (Å²) in [4.78, 5) is 32.3. The van der Waals surface area contributed by atoms with Crippen molar-refractivity contribution in [3.63, 3.8) is 0 Å². The van der Waals surface area contributed by atoms with Crippen LogP contribution in [0.25, 0.3) is 0 Å². The molecule has 1 fully saturated rings. The van der Waals surface area contributed by atoms with Crippen LogP contribution in [0.4, 0.5) is 20.3 Å². The molecule has 1 saturated heterocycles. The van der Waals surface area contributed by atoms with E-state index >= 15 is 0 Å². The largest absolute Gasteiger partial charge is 0.354 e. The van der Waals surface area contributed by atoms with E-state index in [1.807, 2.05) is 11.0 Å². The fourth-order valence-electron chi connectivity index (χ4n) is 2.91. The summed E-state index contributed by atoms with van der Waals surface area (Å²) in [6.45, 7) is 2.71. The van der Waals surface area contributed by atoms with Crippen molar-refractivity contribution in [3.8, 4) is 0 Å². The van der Waals surface area contributed by atoms with E-state index in [-0.39, 0.29) is 24.7 Å². The normalized spacial score (nSPS) is 14.5. The van der Waals surface area contributed by atoms with Gasteiger partial charge in [-0.2, -0.15) is 0 Å². The Morgan fingerprint density at radius 1 is 1.03 bits per heavy atom. The van der Waals surface area contributed by atoms with Crippen LogP contribution in [0.2, 0.25) is 5.02 Å². The first-order chi connectivity index (χ1) is 13.9. The first kappa shape index (κ1) is 20.9. The summed E-state index contributed by atoms with van der Waals surface area (Å²) in [5.74, 6) is -2.03. The van der Waals surface area contributed by atoms with Gasteiger partial charge in [-0.3, -0.25) is 14.5 Å². The zero-order valence-electron chi connectivity index (χ0n) is 15.5. The van der Waals surface area contributed by atoms with Gasteiger partial charge in [0.1, 0.15) is 5.82 Å². The van der Waals surface area contributed by atoms with Crippen molar-refractivity contribution in [3.05, 3.63) is 53.2 Å².